The zero-order valence-electron chi connectivity index (χ0n) is 12.1. The predicted molar refractivity (Wildman–Crippen MR) is 79.5 cm³/mol. The Hall–Kier alpha value is -3.09. The quantitative estimate of drug-likeness (QED) is 0.520. The minimum atomic E-state index is -4.68. The number of hydrogen-bond donors (Lipinski definition) is 1. The lowest BCUT2D eigenvalue weighted by molar-refractivity contribution is -0.138. The summed E-state index contributed by atoms with van der Waals surface area (Å²) in [6.45, 7) is 0. The molecule has 0 heterocycles. The van der Waals surface area contributed by atoms with Gasteiger partial charge in [0.05, 0.1) is 5.56 Å². The topological polar surface area (TPSA) is 63.6 Å². The highest BCUT2D eigenvalue weighted by atomic mass is 19.4. The van der Waals surface area contributed by atoms with E-state index in [1.54, 1.807) is 30.3 Å². The van der Waals surface area contributed by atoms with Gasteiger partial charge < -0.3 is 9.84 Å². The number of hydrogen-bond acceptors (Lipinski definition) is 3. The van der Waals surface area contributed by atoms with E-state index in [2.05, 4.69) is 0 Å². The third-order valence-corrected chi connectivity index (χ3v) is 2.96. The van der Waals surface area contributed by atoms with Gasteiger partial charge in [0.15, 0.2) is 0 Å². The molecule has 0 unspecified atom stereocenters. The van der Waals surface area contributed by atoms with E-state index in [9.17, 15) is 22.8 Å². The molecular weight excluding hydrogens is 325 g/mol. The van der Waals surface area contributed by atoms with Gasteiger partial charge in [0.2, 0.25) is 0 Å². The summed E-state index contributed by atoms with van der Waals surface area (Å²) in [5.74, 6) is -3.15. The maximum atomic E-state index is 12.7. The van der Waals surface area contributed by atoms with Crippen LogP contribution in [0.3, 0.4) is 0 Å². The maximum absolute atomic E-state index is 12.7. The third-order valence-electron chi connectivity index (χ3n) is 2.96. The third kappa shape index (κ3) is 4.45. The highest BCUT2D eigenvalue weighted by Crippen LogP contribution is 2.33. The van der Waals surface area contributed by atoms with E-state index in [0.717, 1.165) is 12.1 Å². The molecule has 24 heavy (non-hydrogen) atoms. The minimum Gasteiger partial charge on any atom is -0.478 e. The largest absolute Gasteiger partial charge is 0.478 e. The molecule has 7 heteroatoms. The van der Waals surface area contributed by atoms with Gasteiger partial charge in [-0.1, -0.05) is 30.3 Å². The van der Waals surface area contributed by atoms with Crippen LogP contribution in [0.5, 0.6) is 5.75 Å². The summed E-state index contributed by atoms with van der Waals surface area (Å²) in [5.41, 5.74) is -0.969. The van der Waals surface area contributed by atoms with Crippen molar-refractivity contribution in [2.75, 3.05) is 0 Å². The fourth-order valence-corrected chi connectivity index (χ4v) is 1.83. The number of carboxylic acids is 1. The SMILES string of the molecule is O=C(/C=C/c1ccccc1)Oc1cc(C(F)(F)F)ccc1C(=O)O. The molecule has 0 aliphatic carbocycles. The molecule has 0 saturated carbocycles. The van der Waals surface area contributed by atoms with E-state index in [4.69, 9.17) is 9.84 Å². The van der Waals surface area contributed by atoms with Crippen LogP contribution in [0.4, 0.5) is 13.2 Å². The van der Waals surface area contributed by atoms with Gasteiger partial charge in [-0.3, -0.25) is 0 Å². The van der Waals surface area contributed by atoms with Crippen molar-refractivity contribution in [2.45, 2.75) is 6.18 Å². The Morgan fingerprint density at radius 1 is 1.04 bits per heavy atom. The maximum Gasteiger partial charge on any atom is 0.416 e. The molecule has 124 valence electrons. The summed E-state index contributed by atoms with van der Waals surface area (Å²) in [6, 6.07) is 10.5. The number of carbonyl (C=O) groups is 2. The first-order valence-corrected chi connectivity index (χ1v) is 6.67. The number of esters is 1. The van der Waals surface area contributed by atoms with Crippen LogP contribution >= 0.6 is 0 Å². The second-order valence-electron chi connectivity index (χ2n) is 4.68. The van der Waals surface area contributed by atoms with E-state index in [1.165, 1.54) is 6.08 Å². The lowest BCUT2D eigenvalue weighted by Gasteiger charge is -2.10. The van der Waals surface area contributed by atoms with Crippen molar-refractivity contribution in [2.24, 2.45) is 0 Å². The molecule has 0 saturated heterocycles. The Balaban J connectivity index is 2.25. The number of carbonyl (C=O) groups excluding carboxylic acids is 1. The van der Waals surface area contributed by atoms with Crippen LogP contribution in [0.15, 0.2) is 54.6 Å². The second kappa shape index (κ2) is 6.99. The molecule has 0 aliphatic heterocycles. The smallest absolute Gasteiger partial charge is 0.416 e. The monoisotopic (exact) mass is 336 g/mol. The van der Waals surface area contributed by atoms with E-state index in [1.807, 2.05) is 0 Å². The number of carboxylic acid groups (broad SMARTS) is 1. The standard InChI is InChI=1S/C17H11F3O4/c18-17(19,20)12-7-8-13(16(22)23)14(10-12)24-15(21)9-6-11-4-2-1-3-5-11/h1-10H,(H,22,23)/b9-6+. The second-order valence-corrected chi connectivity index (χ2v) is 4.68. The van der Waals surface area contributed by atoms with E-state index in [0.29, 0.717) is 17.7 Å². The average Bonchev–Trinajstić information content (AvgIpc) is 2.53. The van der Waals surface area contributed by atoms with E-state index in [-0.39, 0.29) is 0 Å². The first-order valence-electron chi connectivity index (χ1n) is 6.67. The highest BCUT2D eigenvalue weighted by Gasteiger charge is 2.32. The van der Waals surface area contributed by atoms with Gasteiger partial charge in [-0.25, -0.2) is 9.59 Å². The summed E-state index contributed by atoms with van der Waals surface area (Å²) >= 11 is 0. The molecule has 0 amide bonds. The lowest BCUT2D eigenvalue weighted by atomic mass is 10.1. The summed E-state index contributed by atoms with van der Waals surface area (Å²) in [7, 11) is 0. The van der Waals surface area contributed by atoms with Crippen molar-refractivity contribution in [1.82, 2.24) is 0 Å². The Morgan fingerprint density at radius 3 is 2.29 bits per heavy atom. The van der Waals surface area contributed by atoms with E-state index < -0.39 is 35.0 Å². The summed E-state index contributed by atoms with van der Waals surface area (Å²) < 4.78 is 42.9. The number of aromatic carboxylic acids is 1. The molecule has 0 radical (unpaired) electrons. The molecule has 4 nitrogen and oxygen atoms in total. The van der Waals surface area contributed by atoms with Crippen LogP contribution in [-0.4, -0.2) is 17.0 Å². The van der Waals surface area contributed by atoms with Gasteiger partial charge in [0, 0.05) is 6.08 Å². The fraction of sp³-hybridized carbons (Fsp3) is 0.0588. The van der Waals surface area contributed by atoms with Gasteiger partial charge in [-0.2, -0.15) is 13.2 Å². The Kier molecular flexibility index (Phi) is 5.03. The number of halogens is 3. The number of rotatable bonds is 4. The van der Waals surface area contributed by atoms with Crippen molar-refractivity contribution in [3.63, 3.8) is 0 Å². The molecule has 2 aromatic rings. The van der Waals surface area contributed by atoms with Crippen molar-refractivity contribution < 1.29 is 32.6 Å². The molecule has 0 fully saturated rings. The molecule has 0 bridgehead atoms. The van der Waals surface area contributed by atoms with Crippen LogP contribution in [0.1, 0.15) is 21.5 Å². The van der Waals surface area contributed by atoms with E-state index >= 15 is 0 Å². The minimum absolute atomic E-state index is 0.484. The number of benzene rings is 2. The summed E-state index contributed by atoms with van der Waals surface area (Å²) in [5, 5.41) is 8.99. The van der Waals surface area contributed by atoms with Crippen molar-refractivity contribution >= 4 is 18.0 Å². The molecule has 2 rings (SSSR count). The average molecular weight is 336 g/mol. The van der Waals surface area contributed by atoms with Crippen LogP contribution in [0.2, 0.25) is 0 Å². The summed E-state index contributed by atoms with van der Waals surface area (Å²) in [6.07, 6.45) is -2.28. The molecule has 0 aromatic heterocycles. The van der Waals surface area contributed by atoms with Crippen molar-refractivity contribution in [3.05, 3.63) is 71.3 Å². The normalized spacial score (nSPS) is 11.5. The summed E-state index contributed by atoms with van der Waals surface area (Å²) in [4.78, 5) is 22.8. The van der Waals surface area contributed by atoms with Crippen molar-refractivity contribution in [1.29, 1.82) is 0 Å². The van der Waals surface area contributed by atoms with Crippen LogP contribution in [0.25, 0.3) is 6.08 Å². The molecule has 1 N–H and O–H groups in total. The first kappa shape index (κ1) is 17.3. The first-order chi connectivity index (χ1) is 11.3. The Morgan fingerprint density at radius 2 is 1.71 bits per heavy atom. The fourth-order valence-electron chi connectivity index (χ4n) is 1.83. The number of ether oxygens (including phenoxy) is 1. The van der Waals surface area contributed by atoms with Crippen LogP contribution in [-0.2, 0) is 11.0 Å². The van der Waals surface area contributed by atoms with Crippen LogP contribution in [0, 0.1) is 0 Å². The predicted octanol–water partition coefficient (Wildman–Crippen LogP) is 4.02. The molecule has 0 spiro atoms. The number of alkyl halides is 3. The van der Waals surface area contributed by atoms with Gasteiger partial charge >= 0.3 is 18.1 Å². The van der Waals surface area contributed by atoms with Gasteiger partial charge in [0.1, 0.15) is 11.3 Å². The van der Waals surface area contributed by atoms with Gasteiger partial charge in [-0.05, 0) is 29.8 Å². The Bertz CT molecular complexity index is 780. The zero-order valence-corrected chi connectivity index (χ0v) is 12.1. The van der Waals surface area contributed by atoms with Crippen LogP contribution < -0.4 is 4.74 Å². The van der Waals surface area contributed by atoms with Crippen molar-refractivity contribution in [3.8, 4) is 5.75 Å². The molecule has 0 atom stereocenters. The molecule has 0 aliphatic rings. The Labute approximate surface area is 134 Å². The molecular formula is C17H11F3O4. The zero-order chi connectivity index (χ0) is 17.7. The highest BCUT2D eigenvalue weighted by molar-refractivity contribution is 5.94. The van der Waals surface area contributed by atoms with Gasteiger partial charge in [-0.15, -0.1) is 0 Å². The van der Waals surface area contributed by atoms with Gasteiger partial charge in [0.25, 0.3) is 0 Å². The lowest BCUT2D eigenvalue weighted by Crippen LogP contribution is -2.11. The molecule has 2 aromatic carbocycles.